The number of aryl methyl sites for hydroxylation is 1. The van der Waals surface area contributed by atoms with Crippen molar-refractivity contribution in [1.82, 2.24) is 9.80 Å². The minimum absolute atomic E-state index is 0.0459. The zero-order chi connectivity index (χ0) is 24.7. The summed E-state index contributed by atoms with van der Waals surface area (Å²) in [5.74, 6) is -1.97. The number of benzene rings is 2. The zero-order valence-corrected chi connectivity index (χ0v) is 20.2. The number of urea groups is 1. The molecule has 1 N–H and O–H groups in total. The summed E-state index contributed by atoms with van der Waals surface area (Å²) >= 11 is 6.15. The van der Waals surface area contributed by atoms with E-state index in [1.807, 2.05) is 18.2 Å². The Hall–Kier alpha value is -3.19. The van der Waals surface area contributed by atoms with Gasteiger partial charge in [-0.3, -0.25) is 9.59 Å². The first-order valence-electron chi connectivity index (χ1n) is 11.4. The molecule has 7 nitrogen and oxygen atoms in total. The largest absolute Gasteiger partial charge is 0.481 e. The molecule has 2 atom stereocenters. The summed E-state index contributed by atoms with van der Waals surface area (Å²) in [5, 5.41) is 10.3. The average molecular weight is 484 g/mol. The summed E-state index contributed by atoms with van der Waals surface area (Å²) in [5.41, 5.74) is 2.12. The van der Waals surface area contributed by atoms with Gasteiger partial charge in [-0.15, -0.1) is 0 Å². The second-order valence-electron chi connectivity index (χ2n) is 8.55. The molecule has 1 aliphatic heterocycles. The number of aliphatic imine (C=N–C) groups is 1. The average Bonchev–Trinajstić information content (AvgIpc) is 2.80. The van der Waals surface area contributed by atoms with E-state index in [9.17, 15) is 19.5 Å². The maximum absolute atomic E-state index is 12.8. The summed E-state index contributed by atoms with van der Waals surface area (Å²) in [7, 11) is 1.75. The van der Waals surface area contributed by atoms with Gasteiger partial charge in [0.05, 0.1) is 6.04 Å². The van der Waals surface area contributed by atoms with Crippen LogP contribution in [0.3, 0.4) is 0 Å². The van der Waals surface area contributed by atoms with Crippen LogP contribution in [0.15, 0.2) is 59.6 Å². The molecule has 1 aliphatic rings. The van der Waals surface area contributed by atoms with Gasteiger partial charge in [0.2, 0.25) is 5.91 Å². The molecule has 0 spiro atoms. The number of amides is 3. The van der Waals surface area contributed by atoms with Crippen molar-refractivity contribution in [3.63, 3.8) is 0 Å². The quantitative estimate of drug-likeness (QED) is 0.523. The normalized spacial score (nSPS) is 17.9. The van der Waals surface area contributed by atoms with E-state index in [1.165, 1.54) is 10.5 Å². The Balaban J connectivity index is 1.61. The predicted octanol–water partition coefficient (Wildman–Crippen LogP) is 4.85. The molecule has 2 aromatic rings. The van der Waals surface area contributed by atoms with Crippen LogP contribution in [0.5, 0.6) is 0 Å². The first kappa shape index (κ1) is 25.4. The molecule has 2 unspecified atom stereocenters. The van der Waals surface area contributed by atoms with Gasteiger partial charge >= 0.3 is 12.0 Å². The third-order valence-electron chi connectivity index (χ3n) is 6.09. The number of halogens is 1. The summed E-state index contributed by atoms with van der Waals surface area (Å²) < 4.78 is 0. The van der Waals surface area contributed by atoms with E-state index in [2.05, 4.69) is 17.1 Å². The Morgan fingerprint density at radius 1 is 1.12 bits per heavy atom. The molecule has 0 aromatic heterocycles. The van der Waals surface area contributed by atoms with E-state index in [4.69, 9.17) is 11.6 Å². The summed E-state index contributed by atoms with van der Waals surface area (Å²) in [6.07, 6.45) is 2.56. The maximum Gasteiger partial charge on any atom is 0.344 e. The molecule has 180 valence electrons. The Morgan fingerprint density at radius 3 is 2.53 bits per heavy atom. The van der Waals surface area contributed by atoms with Crippen molar-refractivity contribution >= 4 is 35.2 Å². The number of hydrogen-bond donors (Lipinski definition) is 1. The number of carbonyl (C=O) groups is 3. The van der Waals surface area contributed by atoms with E-state index in [0.29, 0.717) is 30.0 Å². The fourth-order valence-electron chi connectivity index (χ4n) is 4.31. The van der Waals surface area contributed by atoms with E-state index in [1.54, 1.807) is 43.1 Å². The SMILES string of the molecule is CC1=NC(=O)N(CCCN(C)C(=O)CCCc2ccccc2)C(c2cccc(Cl)c2)C1C(=O)O. The first-order chi connectivity index (χ1) is 16.3. The molecule has 0 bridgehead atoms. The van der Waals surface area contributed by atoms with Crippen LogP contribution in [-0.2, 0) is 16.0 Å². The van der Waals surface area contributed by atoms with Gasteiger partial charge in [0.25, 0.3) is 0 Å². The lowest BCUT2D eigenvalue weighted by Crippen LogP contribution is -2.47. The highest BCUT2D eigenvalue weighted by Crippen LogP contribution is 2.35. The molecule has 0 aliphatic carbocycles. The van der Waals surface area contributed by atoms with Crippen molar-refractivity contribution < 1.29 is 19.5 Å². The molecule has 2 aromatic carbocycles. The lowest BCUT2D eigenvalue weighted by atomic mass is 9.87. The van der Waals surface area contributed by atoms with Crippen molar-refractivity contribution in [2.24, 2.45) is 10.9 Å². The standard InChI is InChI=1S/C26H30ClN3O4/c1-18-23(25(32)33)24(20-12-7-13-21(27)17-20)30(26(34)28-18)16-8-15-29(2)22(31)14-6-11-19-9-4-3-5-10-19/h3-5,7,9-10,12-13,17,23-24H,6,8,11,14-16H2,1-2H3,(H,32,33). The van der Waals surface area contributed by atoms with Gasteiger partial charge in [-0.1, -0.05) is 54.1 Å². The van der Waals surface area contributed by atoms with Gasteiger partial charge in [0.1, 0.15) is 5.92 Å². The topological polar surface area (TPSA) is 90.3 Å². The summed E-state index contributed by atoms with van der Waals surface area (Å²) in [6, 6.07) is 15.8. The third-order valence-corrected chi connectivity index (χ3v) is 6.33. The molecule has 8 heteroatoms. The van der Waals surface area contributed by atoms with Crippen LogP contribution in [0, 0.1) is 5.92 Å². The molecule has 1 heterocycles. The van der Waals surface area contributed by atoms with Gasteiger partial charge in [0.15, 0.2) is 0 Å². The third kappa shape index (κ3) is 6.44. The number of rotatable bonds is 10. The minimum Gasteiger partial charge on any atom is -0.481 e. The lowest BCUT2D eigenvalue weighted by molar-refractivity contribution is -0.141. The Labute approximate surface area is 205 Å². The van der Waals surface area contributed by atoms with Crippen LogP contribution in [0.2, 0.25) is 5.02 Å². The van der Waals surface area contributed by atoms with Gasteiger partial charge in [-0.2, -0.15) is 0 Å². The van der Waals surface area contributed by atoms with Crippen LogP contribution in [0.1, 0.15) is 43.4 Å². The Morgan fingerprint density at radius 2 is 1.85 bits per heavy atom. The van der Waals surface area contributed by atoms with Gasteiger partial charge in [-0.05, 0) is 49.4 Å². The fraction of sp³-hybridized carbons (Fsp3) is 0.385. The first-order valence-corrected chi connectivity index (χ1v) is 11.8. The number of hydrogen-bond acceptors (Lipinski definition) is 3. The number of carboxylic acid groups (broad SMARTS) is 1. The van der Waals surface area contributed by atoms with Crippen LogP contribution >= 0.6 is 11.6 Å². The number of carboxylic acids is 1. The molecule has 0 fully saturated rings. The zero-order valence-electron chi connectivity index (χ0n) is 19.5. The van der Waals surface area contributed by atoms with E-state index < -0.39 is 24.0 Å². The van der Waals surface area contributed by atoms with Crippen LogP contribution in [-0.4, -0.2) is 58.7 Å². The highest BCUT2D eigenvalue weighted by Gasteiger charge is 2.42. The predicted molar refractivity (Wildman–Crippen MR) is 132 cm³/mol. The van der Waals surface area contributed by atoms with Crippen molar-refractivity contribution in [2.45, 2.75) is 38.6 Å². The van der Waals surface area contributed by atoms with Crippen molar-refractivity contribution in [1.29, 1.82) is 0 Å². The molecular formula is C26H30ClN3O4. The summed E-state index contributed by atoms with van der Waals surface area (Å²) in [6.45, 7) is 2.29. The second kappa shape index (κ2) is 11.8. The van der Waals surface area contributed by atoms with Crippen molar-refractivity contribution in [2.75, 3.05) is 20.1 Å². The van der Waals surface area contributed by atoms with Crippen LogP contribution in [0.4, 0.5) is 4.79 Å². The lowest BCUT2D eigenvalue weighted by Gasteiger charge is -2.38. The molecule has 0 saturated heterocycles. The fourth-order valence-corrected chi connectivity index (χ4v) is 4.50. The molecule has 34 heavy (non-hydrogen) atoms. The summed E-state index contributed by atoms with van der Waals surface area (Å²) in [4.78, 5) is 44.5. The van der Waals surface area contributed by atoms with Crippen molar-refractivity contribution in [3.05, 3.63) is 70.7 Å². The smallest absolute Gasteiger partial charge is 0.344 e. The van der Waals surface area contributed by atoms with E-state index in [0.717, 1.165) is 12.8 Å². The second-order valence-corrected chi connectivity index (χ2v) is 8.99. The molecule has 3 amide bonds. The van der Waals surface area contributed by atoms with Gasteiger partial charge in [-0.25, -0.2) is 9.79 Å². The minimum atomic E-state index is -1.05. The van der Waals surface area contributed by atoms with Gasteiger partial charge in [0, 0.05) is 37.3 Å². The van der Waals surface area contributed by atoms with Crippen LogP contribution < -0.4 is 0 Å². The number of nitrogens with zero attached hydrogens (tertiary/aromatic N) is 3. The van der Waals surface area contributed by atoms with Crippen molar-refractivity contribution in [3.8, 4) is 0 Å². The van der Waals surface area contributed by atoms with Crippen LogP contribution in [0.25, 0.3) is 0 Å². The van der Waals surface area contributed by atoms with E-state index in [-0.39, 0.29) is 18.2 Å². The van der Waals surface area contributed by atoms with E-state index >= 15 is 0 Å². The maximum atomic E-state index is 12.8. The highest BCUT2D eigenvalue weighted by atomic mass is 35.5. The monoisotopic (exact) mass is 483 g/mol. The highest BCUT2D eigenvalue weighted by molar-refractivity contribution is 6.30. The molecular weight excluding hydrogens is 454 g/mol. The Kier molecular flexibility index (Phi) is 8.82. The van der Waals surface area contributed by atoms with Gasteiger partial charge < -0.3 is 14.9 Å². The number of carbonyl (C=O) groups excluding carboxylic acids is 2. The molecule has 0 radical (unpaired) electrons. The number of aliphatic carboxylic acids is 1. The Bertz CT molecular complexity index is 1060. The molecule has 3 rings (SSSR count). The molecule has 0 saturated carbocycles.